The van der Waals surface area contributed by atoms with Crippen LogP contribution in [0.25, 0.3) is 10.8 Å². The molecular weight excluding hydrogens is 379 g/mol. The van der Waals surface area contributed by atoms with Gasteiger partial charge in [-0.05, 0) is 104 Å². The van der Waals surface area contributed by atoms with Gasteiger partial charge in [0, 0.05) is 5.39 Å². The maximum Gasteiger partial charge on any atom is 0.131 e. The molecule has 4 atom stereocenters. The van der Waals surface area contributed by atoms with Crippen LogP contribution in [0.15, 0.2) is 42.5 Å². The average Bonchev–Trinajstić information content (AvgIpc) is 2.79. The molecule has 2 saturated carbocycles. The van der Waals surface area contributed by atoms with E-state index in [1.165, 1.54) is 69.8 Å². The molecule has 0 radical (unpaired) electrons. The molecule has 2 aliphatic rings. The van der Waals surface area contributed by atoms with Gasteiger partial charge in [0.1, 0.15) is 5.82 Å². The van der Waals surface area contributed by atoms with Crippen LogP contribution in [0.1, 0.15) is 102 Å². The number of unbranched alkanes of at least 4 members (excludes halogenated alkanes) is 2. The second-order valence-corrected chi connectivity index (χ2v) is 10.4. The number of allylic oxidation sites excluding steroid dienone is 2. The summed E-state index contributed by atoms with van der Waals surface area (Å²) in [6.07, 6.45) is 20.1. The number of halogens is 1. The van der Waals surface area contributed by atoms with E-state index >= 15 is 0 Å². The van der Waals surface area contributed by atoms with Crippen molar-refractivity contribution in [3.8, 4) is 0 Å². The largest absolute Gasteiger partial charge is 0.206 e. The number of fused-ring (bicyclic) bond motifs is 2. The highest BCUT2D eigenvalue weighted by Gasteiger charge is 2.35. The van der Waals surface area contributed by atoms with E-state index in [9.17, 15) is 4.39 Å². The van der Waals surface area contributed by atoms with E-state index in [0.717, 1.165) is 46.9 Å². The van der Waals surface area contributed by atoms with E-state index in [2.05, 4.69) is 43.3 Å². The third-order valence-electron chi connectivity index (χ3n) is 8.23. The summed E-state index contributed by atoms with van der Waals surface area (Å²) in [6, 6.07) is 10.6. The first-order valence-electron chi connectivity index (χ1n) is 13.0. The number of rotatable bonds is 8. The Bertz CT molecular complexity index is 879. The van der Waals surface area contributed by atoms with E-state index in [-0.39, 0.29) is 5.82 Å². The first-order chi connectivity index (χ1) is 15.2. The molecule has 0 heterocycles. The fourth-order valence-corrected chi connectivity index (χ4v) is 6.44. The molecule has 2 aromatic carbocycles. The van der Waals surface area contributed by atoms with Crippen LogP contribution < -0.4 is 0 Å². The van der Waals surface area contributed by atoms with Gasteiger partial charge < -0.3 is 0 Å². The Balaban J connectivity index is 1.40. The summed E-state index contributed by atoms with van der Waals surface area (Å²) in [5, 5.41) is 1.87. The number of benzene rings is 2. The predicted molar refractivity (Wildman–Crippen MR) is 132 cm³/mol. The highest BCUT2D eigenvalue weighted by atomic mass is 19.1. The Morgan fingerprint density at radius 1 is 0.968 bits per heavy atom. The van der Waals surface area contributed by atoms with E-state index in [0.29, 0.717) is 5.92 Å². The van der Waals surface area contributed by atoms with Crippen LogP contribution in [0.4, 0.5) is 4.39 Å². The van der Waals surface area contributed by atoms with Gasteiger partial charge in [0.05, 0.1) is 0 Å². The van der Waals surface area contributed by atoms with E-state index in [4.69, 9.17) is 0 Å². The van der Waals surface area contributed by atoms with Crippen molar-refractivity contribution in [2.75, 3.05) is 0 Å². The smallest absolute Gasteiger partial charge is 0.131 e. The Hall–Kier alpha value is -1.63. The molecule has 2 aromatic rings. The zero-order valence-corrected chi connectivity index (χ0v) is 19.7. The second-order valence-electron chi connectivity index (χ2n) is 10.4. The lowest BCUT2D eigenvalue weighted by Gasteiger charge is -2.42. The minimum atomic E-state index is -0.0453. The lowest BCUT2D eigenvalue weighted by Crippen LogP contribution is -2.30. The van der Waals surface area contributed by atoms with Crippen molar-refractivity contribution in [2.45, 2.75) is 96.8 Å². The number of aryl methyl sites for hydroxylation is 1. The van der Waals surface area contributed by atoms with E-state index in [1.807, 2.05) is 6.92 Å². The lowest BCUT2D eigenvalue weighted by atomic mass is 9.63. The summed E-state index contributed by atoms with van der Waals surface area (Å²) >= 11 is 0. The summed E-state index contributed by atoms with van der Waals surface area (Å²) < 4.78 is 14.9. The van der Waals surface area contributed by atoms with Crippen LogP contribution in [0.2, 0.25) is 0 Å². The van der Waals surface area contributed by atoms with Crippen LogP contribution in [0.3, 0.4) is 0 Å². The molecule has 0 N–H and O–H groups in total. The molecule has 4 unspecified atom stereocenters. The molecule has 0 amide bonds. The van der Waals surface area contributed by atoms with Crippen LogP contribution in [-0.4, -0.2) is 0 Å². The van der Waals surface area contributed by atoms with Gasteiger partial charge in [-0.2, -0.15) is 0 Å². The maximum absolute atomic E-state index is 14.9. The fraction of sp³-hybridized carbons (Fsp3) is 0.600. The standard InChI is InChI=1S/C30H41F/c1-3-5-7-9-22-11-12-25-20-26(14-13-24(25)17-22)27-15-16-28-18-23(10-8-6-4-2)19-30(31)29(28)21-27/h4,6,15-16,18-19,21-22,24-26H,3,5,7-14,17,20H2,1-2H3/b6-4+. The molecule has 0 aromatic heterocycles. The van der Waals surface area contributed by atoms with Crippen molar-refractivity contribution in [1.82, 2.24) is 0 Å². The average molecular weight is 421 g/mol. The summed E-state index contributed by atoms with van der Waals surface area (Å²) in [5.74, 6) is 3.41. The normalized spacial score (nSPS) is 26.4. The van der Waals surface area contributed by atoms with Crippen molar-refractivity contribution >= 4 is 10.8 Å². The summed E-state index contributed by atoms with van der Waals surface area (Å²) in [4.78, 5) is 0. The molecule has 0 bridgehead atoms. The van der Waals surface area contributed by atoms with Crippen LogP contribution in [-0.2, 0) is 6.42 Å². The maximum atomic E-state index is 14.9. The van der Waals surface area contributed by atoms with Gasteiger partial charge in [-0.15, -0.1) is 0 Å². The molecule has 0 saturated heterocycles. The molecule has 2 aliphatic carbocycles. The van der Waals surface area contributed by atoms with Gasteiger partial charge in [0.2, 0.25) is 0 Å². The third-order valence-corrected chi connectivity index (χ3v) is 8.23. The molecule has 1 heteroatoms. The van der Waals surface area contributed by atoms with Gasteiger partial charge in [-0.3, -0.25) is 0 Å². The van der Waals surface area contributed by atoms with Crippen molar-refractivity contribution in [2.24, 2.45) is 17.8 Å². The van der Waals surface area contributed by atoms with Gasteiger partial charge in [0.25, 0.3) is 0 Å². The van der Waals surface area contributed by atoms with Gasteiger partial charge in [0.15, 0.2) is 0 Å². The molecule has 0 aliphatic heterocycles. The zero-order chi connectivity index (χ0) is 21.6. The first-order valence-corrected chi connectivity index (χ1v) is 13.0. The molecular formula is C30H41F. The Morgan fingerprint density at radius 2 is 1.81 bits per heavy atom. The van der Waals surface area contributed by atoms with Crippen LogP contribution in [0, 0.1) is 23.6 Å². The second kappa shape index (κ2) is 10.8. The van der Waals surface area contributed by atoms with E-state index < -0.39 is 0 Å². The van der Waals surface area contributed by atoms with Crippen molar-refractivity contribution in [1.29, 1.82) is 0 Å². The lowest BCUT2D eigenvalue weighted by molar-refractivity contribution is 0.113. The Morgan fingerprint density at radius 3 is 2.65 bits per heavy atom. The molecule has 4 rings (SSSR count). The summed E-state index contributed by atoms with van der Waals surface area (Å²) in [6.45, 7) is 4.34. The zero-order valence-electron chi connectivity index (χ0n) is 19.7. The third kappa shape index (κ3) is 5.60. The predicted octanol–water partition coefficient (Wildman–Crippen LogP) is 9.37. The van der Waals surface area contributed by atoms with Crippen LogP contribution in [0.5, 0.6) is 0 Å². The first kappa shape index (κ1) is 22.6. The van der Waals surface area contributed by atoms with Crippen molar-refractivity contribution in [3.05, 3.63) is 59.4 Å². The monoisotopic (exact) mass is 420 g/mol. The van der Waals surface area contributed by atoms with Crippen molar-refractivity contribution < 1.29 is 4.39 Å². The highest BCUT2D eigenvalue weighted by Crippen LogP contribution is 2.48. The minimum absolute atomic E-state index is 0.0453. The Labute approximate surface area is 189 Å². The molecule has 2 fully saturated rings. The minimum Gasteiger partial charge on any atom is -0.206 e. The Kier molecular flexibility index (Phi) is 7.86. The SMILES string of the molecule is C/C=C/CCc1cc(F)c2cc(C3CCC4CC(CCCCC)CCC4C3)ccc2c1. The summed E-state index contributed by atoms with van der Waals surface area (Å²) in [5.41, 5.74) is 2.48. The molecule has 0 spiro atoms. The molecule has 0 nitrogen and oxygen atoms in total. The van der Waals surface area contributed by atoms with Crippen molar-refractivity contribution in [3.63, 3.8) is 0 Å². The van der Waals surface area contributed by atoms with Gasteiger partial charge >= 0.3 is 0 Å². The topological polar surface area (TPSA) is 0 Å². The summed E-state index contributed by atoms with van der Waals surface area (Å²) in [7, 11) is 0. The fourth-order valence-electron chi connectivity index (χ4n) is 6.44. The van der Waals surface area contributed by atoms with Crippen LogP contribution >= 0.6 is 0 Å². The quantitative estimate of drug-likeness (QED) is 0.295. The number of hydrogen-bond donors (Lipinski definition) is 0. The molecule has 168 valence electrons. The van der Waals surface area contributed by atoms with Gasteiger partial charge in [-0.1, -0.05) is 69.4 Å². The van der Waals surface area contributed by atoms with Gasteiger partial charge in [-0.25, -0.2) is 4.39 Å². The number of hydrogen-bond acceptors (Lipinski definition) is 0. The van der Waals surface area contributed by atoms with E-state index in [1.54, 1.807) is 6.07 Å². The highest BCUT2D eigenvalue weighted by molar-refractivity contribution is 5.84. The molecule has 31 heavy (non-hydrogen) atoms.